The van der Waals surface area contributed by atoms with E-state index in [4.69, 9.17) is 18.9 Å². The second kappa shape index (κ2) is 23.5. The molecular formula is C31H52O10. The van der Waals surface area contributed by atoms with E-state index in [1.165, 1.54) is 26.2 Å². The van der Waals surface area contributed by atoms with Crippen molar-refractivity contribution in [2.24, 2.45) is 0 Å². The number of allylic oxidation sites excluding steroid dienone is 6. The van der Waals surface area contributed by atoms with Crippen LogP contribution in [0, 0.1) is 0 Å². The molecule has 10 nitrogen and oxygen atoms in total. The molecule has 0 amide bonds. The number of aliphatic hydroxyl groups excluding tert-OH is 4. The van der Waals surface area contributed by atoms with Gasteiger partial charge in [0.25, 0.3) is 0 Å². The average molecular weight is 585 g/mol. The first kappa shape index (κ1) is 36.9. The number of esters is 2. The summed E-state index contributed by atoms with van der Waals surface area (Å²) in [5.41, 5.74) is 0. The Morgan fingerprint density at radius 3 is 2.05 bits per heavy atom. The summed E-state index contributed by atoms with van der Waals surface area (Å²) >= 11 is 0. The maximum absolute atomic E-state index is 12.3. The maximum Gasteiger partial charge on any atom is 0.306 e. The minimum atomic E-state index is -1.59. The third-order valence-electron chi connectivity index (χ3n) is 6.60. The molecule has 1 aliphatic heterocycles. The molecule has 1 fully saturated rings. The molecule has 0 bridgehead atoms. The first-order valence-corrected chi connectivity index (χ1v) is 15.0. The highest BCUT2D eigenvalue weighted by molar-refractivity contribution is 5.69. The van der Waals surface area contributed by atoms with Crippen LogP contribution in [0.5, 0.6) is 0 Å². The largest absolute Gasteiger partial charge is 0.462 e. The van der Waals surface area contributed by atoms with Crippen molar-refractivity contribution in [1.29, 1.82) is 0 Å². The summed E-state index contributed by atoms with van der Waals surface area (Å²) in [4.78, 5) is 23.6. The van der Waals surface area contributed by atoms with E-state index in [1.54, 1.807) is 0 Å². The number of carbonyl (C=O) groups excluding carboxylic acids is 2. The van der Waals surface area contributed by atoms with Gasteiger partial charge in [-0.15, -0.1) is 0 Å². The third-order valence-corrected chi connectivity index (χ3v) is 6.60. The van der Waals surface area contributed by atoms with Gasteiger partial charge < -0.3 is 39.4 Å². The number of hydrogen-bond acceptors (Lipinski definition) is 10. The molecule has 0 aromatic carbocycles. The van der Waals surface area contributed by atoms with Crippen molar-refractivity contribution in [1.82, 2.24) is 0 Å². The molecule has 1 aliphatic rings. The van der Waals surface area contributed by atoms with Crippen molar-refractivity contribution < 1.29 is 49.0 Å². The van der Waals surface area contributed by atoms with E-state index >= 15 is 0 Å². The number of carbonyl (C=O) groups is 2. The number of hydrogen-bond donors (Lipinski definition) is 4. The van der Waals surface area contributed by atoms with Crippen LogP contribution < -0.4 is 0 Å². The number of ether oxygens (including phenoxy) is 4. The number of rotatable bonds is 22. The second-order valence-electron chi connectivity index (χ2n) is 10.3. The van der Waals surface area contributed by atoms with Crippen molar-refractivity contribution >= 4 is 11.9 Å². The number of unbranched alkanes of at least 4 members (excludes halogenated alkanes) is 7. The molecule has 6 unspecified atom stereocenters. The van der Waals surface area contributed by atoms with Gasteiger partial charge in [0.2, 0.25) is 0 Å². The molecule has 1 heterocycles. The third kappa shape index (κ3) is 17.5. The highest BCUT2D eigenvalue weighted by Crippen LogP contribution is 2.22. The molecule has 1 rings (SSSR count). The lowest BCUT2D eigenvalue weighted by atomic mass is 9.99. The minimum absolute atomic E-state index is 0.213. The fraction of sp³-hybridized carbons (Fsp3) is 0.742. The van der Waals surface area contributed by atoms with Crippen molar-refractivity contribution in [3.05, 3.63) is 36.5 Å². The van der Waals surface area contributed by atoms with Crippen LogP contribution in [0.15, 0.2) is 36.5 Å². The van der Waals surface area contributed by atoms with Gasteiger partial charge in [0.1, 0.15) is 31.0 Å². The maximum atomic E-state index is 12.3. The monoisotopic (exact) mass is 584 g/mol. The summed E-state index contributed by atoms with van der Waals surface area (Å²) < 4.78 is 21.1. The fourth-order valence-electron chi connectivity index (χ4n) is 4.22. The van der Waals surface area contributed by atoms with Gasteiger partial charge in [0.15, 0.2) is 12.4 Å². The Bertz CT molecular complexity index is 779. The lowest BCUT2D eigenvalue weighted by molar-refractivity contribution is -0.305. The quantitative estimate of drug-likeness (QED) is 0.0843. The van der Waals surface area contributed by atoms with E-state index < -0.39 is 55.4 Å². The van der Waals surface area contributed by atoms with Crippen LogP contribution in [0.4, 0.5) is 0 Å². The van der Waals surface area contributed by atoms with Gasteiger partial charge in [0.05, 0.1) is 13.2 Å². The van der Waals surface area contributed by atoms with E-state index in [1.807, 2.05) is 0 Å². The van der Waals surface area contributed by atoms with E-state index in [9.17, 15) is 30.0 Å². The van der Waals surface area contributed by atoms with Crippen LogP contribution in [0.1, 0.15) is 90.9 Å². The average Bonchev–Trinajstić information content (AvgIpc) is 2.95. The highest BCUT2D eigenvalue weighted by atomic mass is 16.7. The summed E-state index contributed by atoms with van der Waals surface area (Å²) in [6.45, 7) is 2.23. The zero-order valence-corrected chi connectivity index (χ0v) is 24.8. The SMILES string of the molecule is CC/C=C\C/C=C\C/C=C\CCCCCCCCCC(=O)OC(COC(C)=O)COC1OC(CO)C(O)C(O)C1O. The number of aliphatic hydroxyl groups is 4. The second-order valence-corrected chi connectivity index (χ2v) is 10.3. The van der Waals surface area contributed by atoms with Gasteiger partial charge in [-0.2, -0.15) is 0 Å². The summed E-state index contributed by atoms with van der Waals surface area (Å²) in [5.74, 6) is -1.02. The molecule has 0 saturated carbocycles. The Kier molecular flexibility index (Phi) is 21.2. The molecule has 0 aliphatic carbocycles. The lowest BCUT2D eigenvalue weighted by Crippen LogP contribution is -2.59. The van der Waals surface area contributed by atoms with Crippen LogP contribution in [-0.4, -0.2) is 89.0 Å². The van der Waals surface area contributed by atoms with Gasteiger partial charge >= 0.3 is 11.9 Å². The smallest absolute Gasteiger partial charge is 0.306 e. The first-order chi connectivity index (χ1) is 19.8. The molecule has 4 N–H and O–H groups in total. The Morgan fingerprint density at radius 1 is 0.805 bits per heavy atom. The van der Waals surface area contributed by atoms with Gasteiger partial charge in [-0.1, -0.05) is 75.5 Å². The van der Waals surface area contributed by atoms with Crippen LogP contribution in [-0.2, 0) is 28.5 Å². The standard InChI is InChI=1S/C31H52O10/c1-3-4-5-6-7-8-9-10-11-12-13-14-15-16-17-18-19-20-27(34)40-25(22-38-24(2)33)23-39-31-30(37)29(36)28(35)26(21-32)41-31/h4-5,7-8,10-11,25-26,28-32,35-37H,3,6,9,12-23H2,1-2H3/b5-4-,8-7-,11-10-. The van der Waals surface area contributed by atoms with Crippen molar-refractivity contribution in [2.75, 3.05) is 19.8 Å². The normalized spacial score (nSPS) is 23.9. The van der Waals surface area contributed by atoms with E-state index in [0.29, 0.717) is 6.42 Å². The van der Waals surface area contributed by atoms with Gasteiger partial charge in [-0.25, -0.2) is 0 Å². The molecule has 0 aromatic rings. The van der Waals surface area contributed by atoms with Crippen molar-refractivity contribution in [2.45, 2.75) is 128 Å². The molecule has 0 aromatic heterocycles. The van der Waals surface area contributed by atoms with E-state index in [2.05, 4.69) is 43.4 Å². The zero-order chi connectivity index (χ0) is 30.3. The van der Waals surface area contributed by atoms with Crippen molar-refractivity contribution in [3.8, 4) is 0 Å². The molecule has 10 heteroatoms. The van der Waals surface area contributed by atoms with Gasteiger partial charge in [-0.05, 0) is 38.5 Å². The predicted molar refractivity (Wildman–Crippen MR) is 155 cm³/mol. The Hall–Kier alpha value is -2.08. The first-order valence-electron chi connectivity index (χ1n) is 15.0. The highest BCUT2D eigenvalue weighted by Gasteiger charge is 2.44. The van der Waals surface area contributed by atoms with Crippen molar-refractivity contribution in [3.63, 3.8) is 0 Å². The van der Waals surface area contributed by atoms with E-state index in [0.717, 1.165) is 44.9 Å². The molecule has 0 radical (unpaired) electrons. The molecule has 6 atom stereocenters. The molecule has 0 spiro atoms. The summed E-state index contributed by atoms with van der Waals surface area (Å²) in [6.07, 6.45) is 16.8. The Balaban J connectivity index is 2.20. The van der Waals surface area contributed by atoms with Crippen LogP contribution >= 0.6 is 0 Å². The van der Waals surface area contributed by atoms with Crippen LogP contribution in [0.25, 0.3) is 0 Å². The van der Waals surface area contributed by atoms with E-state index in [-0.39, 0.29) is 19.6 Å². The lowest BCUT2D eigenvalue weighted by Gasteiger charge is -2.39. The summed E-state index contributed by atoms with van der Waals surface area (Å²) in [5, 5.41) is 39.2. The topological polar surface area (TPSA) is 152 Å². The van der Waals surface area contributed by atoms with Gasteiger partial charge in [0, 0.05) is 13.3 Å². The summed E-state index contributed by atoms with van der Waals surface area (Å²) in [7, 11) is 0. The predicted octanol–water partition coefficient (Wildman–Crippen LogP) is 3.65. The Morgan fingerprint density at radius 2 is 1.41 bits per heavy atom. The Labute approximate surface area is 245 Å². The zero-order valence-electron chi connectivity index (χ0n) is 24.8. The molecular weight excluding hydrogens is 532 g/mol. The molecule has 41 heavy (non-hydrogen) atoms. The van der Waals surface area contributed by atoms with Crippen LogP contribution in [0.3, 0.4) is 0 Å². The van der Waals surface area contributed by atoms with Gasteiger partial charge in [-0.3, -0.25) is 9.59 Å². The fourth-order valence-corrected chi connectivity index (χ4v) is 4.22. The molecule has 1 saturated heterocycles. The summed E-state index contributed by atoms with van der Waals surface area (Å²) in [6, 6.07) is 0. The van der Waals surface area contributed by atoms with Crippen LogP contribution in [0.2, 0.25) is 0 Å². The molecule has 236 valence electrons. The minimum Gasteiger partial charge on any atom is -0.462 e.